The third kappa shape index (κ3) is 6.21. The van der Waals surface area contributed by atoms with Crippen LogP contribution in [-0.4, -0.2) is 31.2 Å². The van der Waals surface area contributed by atoms with Gasteiger partial charge in [-0.05, 0) is 89.3 Å². The number of rotatable bonds is 6. The van der Waals surface area contributed by atoms with E-state index in [0.29, 0.717) is 22.9 Å². The van der Waals surface area contributed by atoms with Crippen LogP contribution < -0.4 is 5.32 Å². The van der Waals surface area contributed by atoms with Crippen LogP contribution in [0.15, 0.2) is 60.0 Å². The van der Waals surface area contributed by atoms with Crippen molar-refractivity contribution in [3.05, 3.63) is 70.4 Å². The molecule has 1 aromatic heterocycles. The molecule has 6 nitrogen and oxygen atoms in total. The molecule has 1 saturated heterocycles. The molecule has 1 aliphatic heterocycles. The lowest BCUT2D eigenvalue weighted by atomic mass is 9.73. The van der Waals surface area contributed by atoms with Crippen LogP contribution in [0.5, 0.6) is 5.75 Å². The molecule has 6 heteroatoms. The highest BCUT2D eigenvalue weighted by Gasteiger charge is 2.37. The number of phenols is 1. The molecule has 2 N–H and O–H groups in total. The molecule has 0 aliphatic carbocycles. The quantitative estimate of drug-likeness (QED) is 0.525. The highest BCUT2D eigenvalue weighted by molar-refractivity contribution is 5.78. The van der Waals surface area contributed by atoms with Gasteiger partial charge in [0.1, 0.15) is 11.3 Å². The molecule has 3 rings (SSSR count). The fourth-order valence-electron chi connectivity index (χ4n) is 5.26. The van der Waals surface area contributed by atoms with Crippen molar-refractivity contribution in [3.8, 4) is 18.0 Å². The number of hydrogen-bond donors (Lipinski definition) is 2. The van der Waals surface area contributed by atoms with Crippen molar-refractivity contribution in [2.75, 3.05) is 0 Å². The summed E-state index contributed by atoms with van der Waals surface area (Å²) >= 11 is 0. The zero-order valence-corrected chi connectivity index (χ0v) is 20.6. The highest BCUT2D eigenvalue weighted by atomic mass is 16.3. The number of phenolic OH excluding ortho intramolecular Hbond substituents is 1. The summed E-state index contributed by atoms with van der Waals surface area (Å²) in [5.74, 6) is 0.655. The van der Waals surface area contributed by atoms with E-state index in [1.54, 1.807) is 24.5 Å². The highest BCUT2D eigenvalue weighted by Crippen LogP contribution is 2.37. The molecule has 0 unspecified atom stereocenters. The predicted octanol–water partition coefficient (Wildman–Crippen LogP) is 6.12. The Morgan fingerprint density at radius 1 is 1.21 bits per heavy atom. The third-order valence-electron chi connectivity index (χ3n) is 6.05. The standard InChI is InChI=1S/C27H35N5O/c1-8-9-21(19(2)14-20-17-26(3,4)31-27(5,6)18-20)15-24(28-7)23-11-10-22(16-25(23)33)32-29-12-13-30-32/h7-13,15-16,20,31H,14,17-18H2,1-6H3/p+1/b9-8-,21-19+,24-15-. The molecule has 1 aromatic carbocycles. The summed E-state index contributed by atoms with van der Waals surface area (Å²) < 4.78 is 0. The summed E-state index contributed by atoms with van der Waals surface area (Å²) in [6, 6.07) is 5.23. The number of aromatic hydroxyl groups is 1. The number of aromatic nitrogens is 3. The van der Waals surface area contributed by atoms with E-state index >= 15 is 0 Å². The third-order valence-corrected chi connectivity index (χ3v) is 6.05. The average molecular weight is 447 g/mol. The van der Waals surface area contributed by atoms with E-state index in [9.17, 15) is 5.11 Å². The van der Waals surface area contributed by atoms with Gasteiger partial charge in [0.05, 0.1) is 18.1 Å². The van der Waals surface area contributed by atoms with Crippen molar-refractivity contribution in [2.45, 2.75) is 71.9 Å². The molecule has 0 saturated carbocycles. The van der Waals surface area contributed by atoms with E-state index in [1.807, 2.05) is 25.1 Å². The van der Waals surface area contributed by atoms with Gasteiger partial charge < -0.3 is 10.4 Å². The van der Waals surface area contributed by atoms with Gasteiger partial charge in [-0.1, -0.05) is 17.7 Å². The Kier molecular flexibility index (Phi) is 7.24. The van der Waals surface area contributed by atoms with E-state index in [2.05, 4.69) is 61.1 Å². The van der Waals surface area contributed by atoms with Crippen molar-refractivity contribution in [1.29, 1.82) is 0 Å². The molecule has 0 spiro atoms. The van der Waals surface area contributed by atoms with Crippen molar-refractivity contribution in [3.63, 3.8) is 0 Å². The number of allylic oxidation sites excluding steroid dienone is 5. The first-order valence-corrected chi connectivity index (χ1v) is 11.5. The van der Waals surface area contributed by atoms with Crippen LogP contribution in [0.3, 0.4) is 0 Å². The van der Waals surface area contributed by atoms with Crippen molar-refractivity contribution in [1.82, 2.24) is 20.3 Å². The number of hydrogen-bond acceptors (Lipinski definition) is 4. The van der Waals surface area contributed by atoms with Crippen LogP contribution in [0.4, 0.5) is 0 Å². The number of benzene rings is 1. The summed E-state index contributed by atoms with van der Waals surface area (Å²) in [6.07, 6.45) is 12.5. The van der Waals surface area contributed by atoms with Crippen LogP contribution in [-0.2, 0) is 0 Å². The Morgan fingerprint density at radius 2 is 1.85 bits per heavy atom. The molecule has 0 bridgehead atoms. The van der Waals surface area contributed by atoms with E-state index in [-0.39, 0.29) is 16.8 Å². The molecular weight excluding hydrogens is 410 g/mol. The average Bonchev–Trinajstić information content (AvgIpc) is 3.24. The van der Waals surface area contributed by atoms with Gasteiger partial charge in [-0.3, -0.25) is 0 Å². The molecule has 33 heavy (non-hydrogen) atoms. The van der Waals surface area contributed by atoms with Crippen LogP contribution in [0.2, 0.25) is 0 Å². The first kappa shape index (κ1) is 24.5. The second kappa shape index (κ2) is 9.76. The summed E-state index contributed by atoms with van der Waals surface area (Å²) in [6.45, 7) is 19.1. The minimum atomic E-state index is 0.0737. The summed E-state index contributed by atoms with van der Waals surface area (Å²) in [7, 11) is 0. The van der Waals surface area contributed by atoms with Gasteiger partial charge in [0, 0.05) is 23.2 Å². The monoisotopic (exact) mass is 446 g/mol. The van der Waals surface area contributed by atoms with Crippen LogP contribution in [0, 0.1) is 12.5 Å². The maximum atomic E-state index is 10.7. The molecule has 0 atom stereocenters. The van der Waals surface area contributed by atoms with Crippen LogP contribution in [0.1, 0.15) is 66.4 Å². The number of nitrogens with one attached hydrogen (secondary N) is 1. The lowest BCUT2D eigenvalue weighted by Crippen LogP contribution is -2.57. The molecule has 2 heterocycles. The molecule has 174 valence electrons. The topological polar surface area (TPSA) is 67.3 Å². The molecule has 1 aliphatic rings. The second-order valence-corrected chi connectivity index (χ2v) is 10.3. The van der Waals surface area contributed by atoms with Crippen molar-refractivity contribution < 1.29 is 5.11 Å². The summed E-state index contributed by atoms with van der Waals surface area (Å²) in [4.78, 5) is 5.44. The van der Waals surface area contributed by atoms with E-state index < -0.39 is 0 Å². The first-order valence-electron chi connectivity index (χ1n) is 11.5. The Bertz CT molecular complexity index is 1100. The SMILES string of the molecule is C#[N+]\C(=C/C(/C=C\C)=C(\C)CC1CC(C)(C)NC(C)(C)C1)c1ccc(-n2nccn2)cc1O. The van der Waals surface area contributed by atoms with E-state index in [1.165, 1.54) is 10.4 Å². The fourth-order valence-corrected chi connectivity index (χ4v) is 5.26. The van der Waals surface area contributed by atoms with Gasteiger partial charge in [-0.25, -0.2) is 0 Å². The van der Waals surface area contributed by atoms with Gasteiger partial charge >= 0.3 is 5.70 Å². The van der Waals surface area contributed by atoms with E-state index in [4.69, 9.17) is 6.57 Å². The Morgan fingerprint density at radius 3 is 2.39 bits per heavy atom. The van der Waals surface area contributed by atoms with Crippen molar-refractivity contribution in [2.24, 2.45) is 5.92 Å². The zero-order chi connectivity index (χ0) is 24.2. The van der Waals surface area contributed by atoms with Crippen LogP contribution >= 0.6 is 0 Å². The summed E-state index contributed by atoms with van der Waals surface area (Å²) in [5.41, 5.74) is 4.31. The maximum Gasteiger partial charge on any atom is 0.351 e. The maximum absolute atomic E-state index is 10.7. The first-order chi connectivity index (χ1) is 15.5. The second-order valence-electron chi connectivity index (χ2n) is 10.3. The van der Waals surface area contributed by atoms with Gasteiger partial charge in [-0.15, -0.1) is 0 Å². The van der Waals surface area contributed by atoms with Gasteiger partial charge in [-0.2, -0.15) is 15.0 Å². The zero-order valence-electron chi connectivity index (χ0n) is 20.6. The Hall–Kier alpha value is -3.17. The molecule has 2 aromatic rings. The van der Waals surface area contributed by atoms with E-state index in [0.717, 1.165) is 24.8 Å². The largest absolute Gasteiger partial charge is 0.507 e. The Labute approximate surface area is 197 Å². The fraction of sp³-hybridized carbons (Fsp3) is 0.444. The predicted molar refractivity (Wildman–Crippen MR) is 135 cm³/mol. The smallest absolute Gasteiger partial charge is 0.351 e. The lowest BCUT2D eigenvalue weighted by molar-refractivity contribution is 0.128. The van der Waals surface area contributed by atoms with Crippen molar-refractivity contribution >= 4 is 5.70 Å². The van der Waals surface area contributed by atoms with Gasteiger partial charge in [0.25, 0.3) is 6.57 Å². The molecule has 0 amide bonds. The molecular formula is C27H36N5O+. The number of piperidine rings is 1. The van der Waals surface area contributed by atoms with Crippen LogP contribution in [0.25, 0.3) is 16.2 Å². The number of nitrogens with zero attached hydrogens (tertiary/aromatic N) is 4. The minimum Gasteiger partial charge on any atom is -0.507 e. The normalized spacial score (nSPS) is 19.4. The van der Waals surface area contributed by atoms with Gasteiger partial charge in [0.2, 0.25) is 0 Å². The summed E-state index contributed by atoms with van der Waals surface area (Å²) in [5, 5.41) is 22.7. The molecule has 1 fully saturated rings. The Balaban J connectivity index is 1.92. The lowest BCUT2D eigenvalue weighted by Gasteiger charge is -2.46. The minimum absolute atomic E-state index is 0.0737. The van der Waals surface area contributed by atoms with Gasteiger partial charge in [0.15, 0.2) is 0 Å². The molecule has 0 radical (unpaired) electrons.